The summed E-state index contributed by atoms with van der Waals surface area (Å²) in [6, 6.07) is 5.50. The molecule has 0 saturated carbocycles. The largest absolute Gasteiger partial charge is 0.307 e. The Bertz CT molecular complexity index is 279. The predicted octanol–water partition coefficient (Wildman–Crippen LogP) is 1.78. The molecule has 58 valence electrons. The van der Waals surface area contributed by atoms with E-state index in [4.69, 9.17) is 0 Å². The molecule has 1 saturated heterocycles. The molecule has 0 spiro atoms. The number of rotatable bonds is 1. The van der Waals surface area contributed by atoms with E-state index >= 15 is 0 Å². The zero-order valence-corrected chi connectivity index (χ0v) is 6.39. The molecular formula is C9H10FN. The first-order chi connectivity index (χ1) is 5.27. The van der Waals surface area contributed by atoms with Crippen LogP contribution in [0.15, 0.2) is 18.2 Å². The molecule has 0 unspecified atom stereocenters. The minimum atomic E-state index is -0.0920. The van der Waals surface area contributed by atoms with Gasteiger partial charge in [-0.3, -0.25) is 0 Å². The van der Waals surface area contributed by atoms with Gasteiger partial charge in [0.05, 0.1) is 0 Å². The summed E-state index contributed by atoms with van der Waals surface area (Å²) in [5.41, 5.74) is 1.93. The topological polar surface area (TPSA) is 21.9 Å². The summed E-state index contributed by atoms with van der Waals surface area (Å²) in [5, 5.41) is 3.08. The van der Waals surface area contributed by atoms with Gasteiger partial charge >= 0.3 is 0 Å². The number of halogens is 1. The van der Waals surface area contributed by atoms with Crippen molar-refractivity contribution in [3.05, 3.63) is 35.1 Å². The van der Waals surface area contributed by atoms with Crippen LogP contribution >= 0.6 is 0 Å². The molecule has 0 amide bonds. The van der Waals surface area contributed by atoms with E-state index in [9.17, 15) is 4.39 Å². The van der Waals surface area contributed by atoms with Gasteiger partial charge in [-0.15, -0.1) is 0 Å². The lowest BCUT2D eigenvalue weighted by Crippen LogP contribution is -1.90. The van der Waals surface area contributed by atoms with Crippen molar-refractivity contribution in [2.45, 2.75) is 13.0 Å². The predicted molar refractivity (Wildman–Crippen MR) is 41.9 cm³/mol. The molecule has 1 heterocycles. The standard InChI is InChI=1S/C9H10FN/c1-6-2-3-8(10)7(4-6)9-5-11-9/h2-4,9,11H,5H2,1H3/t9-/m1/s1. The minimum Gasteiger partial charge on any atom is -0.307 e. The van der Waals surface area contributed by atoms with Crippen molar-refractivity contribution in [2.75, 3.05) is 6.54 Å². The summed E-state index contributed by atoms with van der Waals surface area (Å²) in [6.07, 6.45) is 0. The van der Waals surface area contributed by atoms with Crippen molar-refractivity contribution >= 4 is 0 Å². The zero-order chi connectivity index (χ0) is 7.84. The van der Waals surface area contributed by atoms with E-state index in [0.717, 1.165) is 17.7 Å². The van der Waals surface area contributed by atoms with Gasteiger partial charge in [0.15, 0.2) is 0 Å². The van der Waals surface area contributed by atoms with Crippen LogP contribution in [0, 0.1) is 12.7 Å². The van der Waals surface area contributed by atoms with Gasteiger partial charge in [0.2, 0.25) is 0 Å². The molecule has 1 aliphatic heterocycles. The first-order valence-corrected chi connectivity index (χ1v) is 3.77. The summed E-state index contributed by atoms with van der Waals surface area (Å²) in [5.74, 6) is -0.0920. The Kier molecular flexibility index (Phi) is 1.43. The van der Waals surface area contributed by atoms with Gasteiger partial charge in [-0.2, -0.15) is 0 Å². The zero-order valence-electron chi connectivity index (χ0n) is 6.39. The van der Waals surface area contributed by atoms with E-state index in [1.54, 1.807) is 6.07 Å². The van der Waals surface area contributed by atoms with Crippen molar-refractivity contribution < 1.29 is 4.39 Å². The van der Waals surface area contributed by atoms with Crippen LogP contribution in [-0.4, -0.2) is 6.54 Å². The fourth-order valence-corrected chi connectivity index (χ4v) is 1.21. The Balaban J connectivity index is 2.42. The monoisotopic (exact) mass is 151 g/mol. The van der Waals surface area contributed by atoms with E-state index in [0.29, 0.717) is 0 Å². The highest BCUT2D eigenvalue weighted by atomic mass is 19.1. The molecule has 1 N–H and O–H groups in total. The average Bonchev–Trinajstić information content (AvgIpc) is 2.76. The maximum Gasteiger partial charge on any atom is 0.128 e. The van der Waals surface area contributed by atoms with E-state index < -0.39 is 0 Å². The van der Waals surface area contributed by atoms with Crippen LogP contribution in [-0.2, 0) is 0 Å². The Labute approximate surface area is 65.2 Å². The van der Waals surface area contributed by atoms with Gasteiger partial charge in [-0.05, 0) is 13.0 Å². The molecule has 2 heteroatoms. The quantitative estimate of drug-likeness (QED) is 0.607. The SMILES string of the molecule is Cc1ccc(F)c([C@H]2CN2)c1. The third kappa shape index (κ3) is 1.26. The van der Waals surface area contributed by atoms with E-state index in [1.807, 2.05) is 13.0 Å². The van der Waals surface area contributed by atoms with Crippen LogP contribution < -0.4 is 5.32 Å². The molecule has 1 aromatic carbocycles. The molecule has 1 aliphatic rings. The Morgan fingerprint density at radius 3 is 2.91 bits per heavy atom. The third-order valence-electron chi connectivity index (χ3n) is 1.94. The summed E-state index contributed by atoms with van der Waals surface area (Å²) in [7, 11) is 0. The normalized spacial score (nSPS) is 21.8. The molecule has 0 radical (unpaired) electrons. The molecule has 1 atom stereocenters. The number of benzene rings is 1. The van der Waals surface area contributed by atoms with Crippen molar-refractivity contribution in [3.63, 3.8) is 0 Å². The maximum atomic E-state index is 13.0. The lowest BCUT2D eigenvalue weighted by molar-refractivity contribution is 0.609. The van der Waals surface area contributed by atoms with Gasteiger partial charge in [-0.1, -0.05) is 17.7 Å². The first-order valence-electron chi connectivity index (χ1n) is 3.77. The Morgan fingerprint density at radius 1 is 1.55 bits per heavy atom. The van der Waals surface area contributed by atoms with E-state index in [2.05, 4.69) is 5.32 Å². The smallest absolute Gasteiger partial charge is 0.128 e. The fourth-order valence-electron chi connectivity index (χ4n) is 1.21. The summed E-state index contributed by atoms with van der Waals surface area (Å²) >= 11 is 0. The van der Waals surface area contributed by atoms with Crippen LogP contribution in [0.2, 0.25) is 0 Å². The third-order valence-corrected chi connectivity index (χ3v) is 1.94. The lowest BCUT2D eigenvalue weighted by atomic mass is 10.1. The van der Waals surface area contributed by atoms with E-state index in [1.165, 1.54) is 6.07 Å². The molecule has 0 aromatic heterocycles. The second kappa shape index (κ2) is 2.31. The van der Waals surface area contributed by atoms with Gasteiger partial charge in [-0.25, -0.2) is 4.39 Å². The number of nitrogens with one attached hydrogen (secondary N) is 1. The molecule has 1 aromatic rings. The first kappa shape index (κ1) is 6.80. The molecule has 0 aliphatic carbocycles. The van der Waals surface area contributed by atoms with Crippen molar-refractivity contribution in [3.8, 4) is 0 Å². The number of hydrogen-bond donors (Lipinski definition) is 1. The fraction of sp³-hybridized carbons (Fsp3) is 0.333. The van der Waals surface area contributed by atoms with Crippen LogP contribution in [0.4, 0.5) is 4.39 Å². The molecular weight excluding hydrogens is 141 g/mol. The van der Waals surface area contributed by atoms with Crippen LogP contribution in [0.5, 0.6) is 0 Å². The van der Waals surface area contributed by atoms with Gasteiger partial charge in [0.1, 0.15) is 5.82 Å². The van der Waals surface area contributed by atoms with Crippen LogP contribution in [0.25, 0.3) is 0 Å². The van der Waals surface area contributed by atoms with Crippen LogP contribution in [0.1, 0.15) is 17.2 Å². The molecule has 1 nitrogen and oxygen atoms in total. The van der Waals surface area contributed by atoms with Gasteiger partial charge in [0.25, 0.3) is 0 Å². The molecule has 1 fully saturated rings. The van der Waals surface area contributed by atoms with Gasteiger partial charge in [0, 0.05) is 18.2 Å². The molecule has 11 heavy (non-hydrogen) atoms. The summed E-state index contributed by atoms with van der Waals surface area (Å²) < 4.78 is 13.0. The van der Waals surface area contributed by atoms with Crippen molar-refractivity contribution in [1.29, 1.82) is 0 Å². The van der Waals surface area contributed by atoms with E-state index in [-0.39, 0.29) is 11.9 Å². The van der Waals surface area contributed by atoms with Crippen LogP contribution in [0.3, 0.4) is 0 Å². The van der Waals surface area contributed by atoms with Gasteiger partial charge < -0.3 is 5.32 Å². The maximum absolute atomic E-state index is 13.0. The lowest BCUT2D eigenvalue weighted by Gasteiger charge is -1.99. The highest BCUT2D eigenvalue weighted by molar-refractivity contribution is 5.29. The number of hydrogen-bond acceptors (Lipinski definition) is 1. The second-order valence-corrected chi connectivity index (χ2v) is 2.99. The van der Waals surface area contributed by atoms with Crippen molar-refractivity contribution in [1.82, 2.24) is 5.32 Å². The Hall–Kier alpha value is -0.890. The molecule has 2 rings (SSSR count). The summed E-state index contributed by atoms with van der Waals surface area (Å²) in [6.45, 7) is 2.89. The highest BCUT2D eigenvalue weighted by Gasteiger charge is 2.24. The number of aryl methyl sites for hydroxylation is 1. The summed E-state index contributed by atoms with van der Waals surface area (Å²) in [4.78, 5) is 0. The second-order valence-electron chi connectivity index (χ2n) is 2.99. The Morgan fingerprint density at radius 2 is 2.27 bits per heavy atom. The average molecular weight is 151 g/mol. The highest BCUT2D eigenvalue weighted by Crippen LogP contribution is 2.24. The molecule has 0 bridgehead atoms. The van der Waals surface area contributed by atoms with Crippen molar-refractivity contribution in [2.24, 2.45) is 0 Å². The minimum absolute atomic E-state index is 0.0920.